The van der Waals surface area contributed by atoms with Gasteiger partial charge in [-0.15, -0.1) is 0 Å². The van der Waals surface area contributed by atoms with Crippen LogP contribution in [0.4, 0.5) is 0 Å². The van der Waals surface area contributed by atoms with Crippen LogP contribution in [0.25, 0.3) is 0 Å². The molecular formula is C9H11O4P. The third kappa shape index (κ3) is 2.22. The summed E-state index contributed by atoms with van der Waals surface area (Å²) in [4.78, 5) is 19.7. The van der Waals surface area contributed by atoms with Crippen molar-refractivity contribution in [2.75, 3.05) is 0 Å². The summed E-state index contributed by atoms with van der Waals surface area (Å²) in [5, 5.41) is 9.00. The van der Waals surface area contributed by atoms with Gasteiger partial charge in [0.2, 0.25) is 8.03 Å². The summed E-state index contributed by atoms with van der Waals surface area (Å²) in [6, 6.07) is 6.32. The van der Waals surface area contributed by atoms with Crippen molar-refractivity contribution in [3.8, 4) is 0 Å². The van der Waals surface area contributed by atoms with Crippen LogP contribution in [0.3, 0.4) is 0 Å². The Labute approximate surface area is 82.1 Å². The molecule has 0 spiro atoms. The van der Waals surface area contributed by atoms with Crippen LogP contribution in [0.1, 0.15) is 18.4 Å². The number of carbonyl (C=O) groups is 1. The molecule has 0 aliphatic rings. The molecule has 76 valence electrons. The maximum Gasteiger partial charge on any atom is 0.310 e. The van der Waals surface area contributed by atoms with Gasteiger partial charge in [-0.25, -0.2) is 0 Å². The van der Waals surface area contributed by atoms with Crippen LogP contribution < -0.4 is 5.30 Å². The largest absolute Gasteiger partial charge is 0.481 e. The highest BCUT2D eigenvalue weighted by molar-refractivity contribution is 7.47. The topological polar surface area (TPSA) is 74.6 Å². The Bertz CT molecular complexity index is 375. The average Bonchev–Trinajstić information content (AvgIpc) is 2.16. The summed E-state index contributed by atoms with van der Waals surface area (Å²) in [5.74, 6) is -1.76. The maximum absolute atomic E-state index is 10.9. The highest BCUT2D eigenvalue weighted by Crippen LogP contribution is 2.22. The molecule has 0 aliphatic heterocycles. The zero-order valence-corrected chi connectivity index (χ0v) is 8.60. The van der Waals surface area contributed by atoms with Crippen molar-refractivity contribution in [1.29, 1.82) is 0 Å². The van der Waals surface area contributed by atoms with Gasteiger partial charge in [0.15, 0.2) is 0 Å². The summed E-state index contributed by atoms with van der Waals surface area (Å²) < 4.78 is 10.9. The van der Waals surface area contributed by atoms with E-state index in [9.17, 15) is 9.36 Å². The van der Waals surface area contributed by atoms with Crippen molar-refractivity contribution < 1.29 is 19.4 Å². The quantitative estimate of drug-likeness (QED) is 0.735. The average molecular weight is 214 g/mol. The molecule has 2 atom stereocenters. The van der Waals surface area contributed by atoms with Gasteiger partial charge in [0.25, 0.3) is 0 Å². The molecule has 0 fully saturated rings. The molecule has 4 nitrogen and oxygen atoms in total. The lowest BCUT2D eigenvalue weighted by Gasteiger charge is -2.10. The lowest BCUT2D eigenvalue weighted by molar-refractivity contribution is -0.138. The van der Waals surface area contributed by atoms with Crippen molar-refractivity contribution in [2.45, 2.75) is 12.8 Å². The molecule has 0 heterocycles. The highest BCUT2D eigenvalue weighted by atomic mass is 31.1. The summed E-state index contributed by atoms with van der Waals surface area (Å²) in [7, 11) is -2.83. The molecule has 2 N–H and O–H groups in total. The Morgan fingerprint density at radius 1 is 1.43 bits per heavy atom. The van der Waals surface area contributed by atoms with Gasteiger partial charge in [0.05, 0.1) is 5.92 Å². The number of hydrogen-bond donors (Lipinski definition) is 2. The van der Waals surface area contributed by atoms with E-state index in [1.807, 2.05) is 0 Å². The highest BCUT2D eigenvalue weighted by Gasteiger charge is 2.18. The number of aliphatic carboxylic acids is 1. The second-order valence-corrected chi connectivity index (χ2v) is 4.10. The Morgan fingerprint density at radius 2 is 2.00 bits per heavy atom. The third-order valence-corrected chi connectivity index (χ3v) is 2.94. The molecule has 0 saturated heterocycles. The fourth-order valence-electron chi connectivity index (χ4n) is 1.20. The first-order chi connectivity index (χ1) is 6.54. The van der Waals surface area contributed by atoms with E-state index >= 15 is 0 Å². The molecule has 1 aromatic rings. The normalized spacial score (nSPS) is 14.7. The van der Waals surface area contributed by atoms with Crippen molar-refractivity contribution >= 4 is 19.3 Å². The van der Waals surface area contributed by atoms with E-state index in [4.69, 9.17) is 10.00 Å². The molecule has 5 heteroatoms. The third-order valence-electron chi connectivity index (χ3n) is 2.03. The van der Waals surface area contributed by atoms with Crippen molar-refractivity contribution in [1.82, 2.24) is 0 Å². The van der Waals surface area contributed by atoms with E-state index in [1.54, 1.807) is 18.2 Å². The van der Waals surface area contributed by atoms with Crippen molar-refractivity contribution in [3.05, 3.63) is 29.8 Å². The first-order valence-electron chi connectivity index (χ1n) is 4.09. The Balaban J connectivity index is 3.19. The molecule has 0 bridgehead atoms. The maximum atomic E-state index is 10.9. The van der Waals surface area contributed by atoms with Gasteiger partial charge < -0.3 is 10.00 Å². The monoisotopic (exact) mass is 214 g/mol. The zero-order chi connectivity index (χ0) is 10.7. The van der Waals surface area contributed by atoms with E-state index in [2.05, 4.69) is 0 Å². The van der Waals surface area contributed by atoms with Crippen LogP contribution in [0, 0.1) is 0 Å². The zero-order valence-electron chi connectivity index (χ0n) is 7.60. The van der Waals surface area contributed by atoms with Crippen LogP contribution in [0.15, 0.2) is 24.3 Å². The molecule has 2 unspecified atom stereocenters. The standard InChI is InChI=1S/C9H11O4P/c1-6(9(10)11)7-4-2-3-5-8(7)14(12)13/h2-6,14H,1H3,(H,10,11)(H,12,13). The minimum absolute atomic E-state index is 0.229. The van der Waals surface area contributed by atoms with Crippen molar-refractivity contribution in [3.63, 3.8) is 0 Å². The predicted molar refractivity (Wildman–Crippen MR) is 53.3 cm³/mol. The van der Waals surface area contributed by atoms with Crippen LogP contribution in [0.2, 0.25) is 0 Å². The van der Waals surface area contributed by atoms with Gasteiger partial charge in [-0.3, -0.25) is 9.36 Å². The summed E-state index contributed by atoms with van der Waals surface area (Å²) in [5.41, 5.74) is 0.409. The van der Waals surface area contributed by atoms with E-state index in [-0.39, 0.29) is 5.30 Å². The summed E-state index contributed by atoms with van der Waals surface area (Å²) in [6.07, 6.45) is 0. The number of benzene rings is 1. The number of carboxylic acid groups (broad SMARTS) is 1. The van der Waals surface area contributed by atoms with Gasteiger partial charge in [0, 0.05) is 5.30 Å². The minimum Gasteiger partial charge on any atom is -0.481 e. The van der Waals surface area contributed by atoms with Crippen LogP contribution in [0.5, 0.6) is 0 Å². The van der Waals surface area contributed by atoms with Crippen LogP contribution in [-0.2, 0) is 9.36 Å². The molecule has 0 aromatic heterocycles. The van der Waals surface area contributed by atoms with E-state index in [0.29, 0.717) is 5.56 Å². The first kappa shape index (κ1) is 11.0. The summed E-state index contributed by atoms with van der Waals surface area (Å²) in [6.45, 7) is 1.49. The Morgan fingerprint density at radius 3 is 2.50 bits per heavy atom. The van der Waals surface area contributed by atoms with Gasteiger partial charge in [-0.2, -0.15) is 0 Å². The van der Waals surface area contributed by atoms with E-state index in [0.717, 1.165) is 0 Å². The second-order valence-electron chi connectivity index (χ2n) is 2.95. The fourth-order valence-corrected chi connectivity index (χ4v) is 1.99. The molecule has 1 aromatic carbocycles. The molecular weight excluding hydrogens is 203 g/mol. The SMILES string of the molecule is CC(C(=O)O)c1ccccc1[PH](=O)O. The Hall–Kier alpha value is -1.12. The molecule has 0 amide bonds. The number of rotatable bonds is 3. The van der Waals surface area contributed by atoms with Gasteiger partial charge in [-0.05, 0) is 18.6 Å². The van der Waals surface area contributed by atoms with Gasteiger partial charge in [-0.1, -0.05) is 18.2 Å². The molecule has 1 rings (SSSR count). The lowest BCUT2D eigenvalue weighted by atomic mass is 10.0. The summed E-state index contributed by atoms with van der Waals surface area (Å²) >= 11 is 0. The fraction of sp³-hybridized carbons (Fsp3) is 0.222. The van der Waals surface area contributed by atoms with Gasteiger partial charge >= 0.3 is 5.97 Å². The van der Waals surface area contributed by atoms with Gasteiger partial charge in [0.1, 0.15) is 0 Å². The smallest absolute Gasteiger partial charge is 0.310 e. The molecule has 0 saturated carbocycles. The Kier molecular flexibility index (Phi) is 3.44. The van der Waals surface area contributed by atoms with Crippen molar-refractivity contribution in [2.24, 2.45) is 0 Å². The van der Waals surface area contributed by atoms with E-state index in [1.165, 1.54) is 13.0 Å². The van der Waals surface area contributed by atoms with Crippen LogP contribution in [-0.4, -0.2) is 16.0 Å². The molecule has 0 aliphatic carbocycles. The predicted octanol–water partition coefficient (Wildman–Crippen LogP) is 0.967. The number of hydrogen-bond acceptors (Lipinski definition) is 2. The number of carboxylic acids is 1. The van der Waals surface area contributed by atoms with Crippen LogP contribution >= 0.6 is 8.03 Å². The minimum atomic E-state index is -2.83. The molecule has 14 heavy (non-hydrogen) atoms. The lowest BCUT2D eigenvalue weighted by Crippen LogP contribution is -2.15. The first-order valence-corrected chi connectivity index (χ1v) is 5.44. The molecule has 0 radical (unpaired) electrons. The van der Waals surface area contributed by atoms with E-state index < -0.39 is 19.9 Å². The second kappa shape index (κ2) is 4.40.